The van der Waals surface area contributed by atoms with E-state index in [-0.39, 0.29) is 17.5 Å². The Morgan fingerprint density at radius 2 is 1.78 bits per heavy atom. The van der Waals surface area contributed by atoms with Crippen molar-refractivity contribution in [3.63, 3.8) is 0 Å². The van der Waals surface area contributed by atoms with E-state index in [9.17, 15) is 14.4 Å². The lowest BCUT2D eigenvalue weighted by Crippen LogP contribution is -2.54. The fourth-order valence-electron chi connectivity index (χ4n) is 2.41. The number of amides is 3. The number of hydrazine groups is 1. The number of hydrogen-bond donors (Lipinski definition) is 3. The van der Waals surface area contributed by atoms with Gasteiger partial charge in [0, 0.05) is 17.9 Å². The molecule has 3 N–H and O–H groups in total. The summed E-state index contributed by atoms with van der Waals surface area (Å²) in [4.78, 5) is 40.0. The highest BCUT2D eigenvalue weighted by Crippen LogP contribution is 2.24. The average Bonchev–Trinajstić information content (AvgIpc) is 3.14. The molecule has 1 aromatic carbocycles. The van der Waals surface area contributed by atoms with Gasteiger partial charge in [-0.3, -0.25) is 25.2 Å². The molecule has 1 aromatic heterocycles. The minimum Gasteiger partial charge on any atom is -0.344 e. The standard InChI is InChI=1S/C19H24N4O3S/c1-5-13-6-8-14(9-7-13)19-21-15(10-27-19)17(25)22-23-18(26)16(11(2)3)20-12(4)24/h6-11,16H,5H2,1-4H3,(H,20,24)(H,22,25)(H,23,26)/t16-/m1/s1. The van der Waals surface area contributed by atoms with Gasteiger partial charge < -0.3 is 5.32 Å². The number of hydrogen-bond acceptors (Lipinski definition) is 5. The number of rotatable bonds is 6. The molecule has 0 spiro atoms. The van der Waals surface area contributed by atoms with Gasteiger partial charge in [-0.15, -0.1) is 11.3 Å². The van der Waals surface area contributed by atoms with Crippen LogP contribution >= 0.6 is 11.3 Å². The number of carbonyl (C=O) groups is 3. The number of nitrogens with one attached hydrogen (secondary N) is 3. The maximum atomic E-state index is 12.2. The van der Waals surface area contributed by atoms with E-state index in [0.29, 0.717) is 0 Å². The van der Waals surface area contributed by atoms with Crippen LogP contribution in [0.5, 0.6) is 0 Å². The molecular formula is C19H24N4O3S. The first-order valence-electron chi connectivity index (χ1n) is 8.74. The summed E-state index contributed by atoms with van der Waals surface area (Å²) in [6, 6.07) is 7.28. The van der Waals surface area contributed by atoms with Crippen LogP contribution < -0.4 is 16.2 Å². The van der Waals surface area contributed by atoms with Gasteiger partial charge in [0.25, 0.3) is 11.8 Å². The summed E-state index contributed by atoms with van der Waals surface area (Å²) in [5.74, 6) is -1.43. The number of carbonyl (C=O) groups excluding carboxylic acids is 3. The molecule has 0 bridgehead atoms. The Bertz CT molecular complexity index is 815. The van der Waals surface area contributed by atoms with Crippen LogP contribution in [0, 0.1) is 5.92 Å². The van der Waals surface area contributed by atoms with Crippen LogP contribution in [-0.4, -0.2) is 28.7 Å². The maximum Gasteiger partial charge on any atom is 0.289 e. The van der Waals surface area contributed by atoms with Crippen LogP contribution in [0.15, 0.2) is 29.6 Å². The third kappa shape index (κ3) is 5.62. The maximum absolute atomic E-state index is 12.2. The molecule has 144 valence electrons. The molecule has 1 heterocycles. The van der Waals surface area contributed by atoms with Gasteiger partial charge in [0.05, 0.1) is 0 Å². The van der Waals surface area contributed by atoms with Gasteiger partial charge in [0.15, 0.2) is 0 Å². The van der Waals surface area contributed by atoms with E-state index in [0.717, 1.165) is 17.0 Å². The third-order valence-corrected chi connectivity index (χ3v) is 4.84. The summed E-state index contributed by atoms with van der Waals surface area (Å²) >= 11 is 1.36. The highest BCUT2D eigenvalue weighted by Gasteiger charge is 2.23. The summed E-state index contributed by atoms with van der Waals surface area (Å²) in [5.41, 5.74) is 7.07. The number of thiazole rings is 1. The summed E-state index contributed by atoms with van der Waals surface area (Å²) in [5, 5.41) is 4.93. The zero-order chi connectivity index (χ0) is 20.0. The van der Waals surface area contributed by atoms with Gasteiger partial charge in [-0.1, -0.05) is 45.0 Å². The predicted octanol–water partition coefficient (Wildman–Crippen LogP) is 2.29. The van der Waals surface area contributed by atoms with Crippen molar-refractivity contribution >= 4 is 29.1 Å². The molecule has 0 aliphatic carbocycles. The Hall–Kier alpha value is -2.74. The Labute approximate surface area is 162 Å². The Morgan fingerprint density at radius 3 is 2.33 bits per heavy atom. The molecule has 0 aliphatic heterocycles. The van der Waals surface area contributed by atoms with E-state index in [1.807, 2.05) is 24.3 Å². The monoisotopic (exact) mass is 388 g/mol. The molecule has 2 rings (SSSR count). The molecule has 0 radical (unpaired) electrons. The second-order valence-corrected chi connectivity index (χ2v) is 7.31. The van der Waals surface area contributed by atoms with E-state index < -0.39 is 17.9 Å². The van der Waals surface area contributed by atoms with Gasteiger partial charge in [-0.05, 0) is 17.9 Å². The van der Waals surface area contributed by atoms with Crippen molar-refractivity contribution in [1.82, 2.24) is 21.2 Å². The van der Waals surface area contributed by atoms with Crippen molar-refractivity contribution in [1.29, 1.82) is 0 Å². The number of benzene rings is 1. The highest BCUT2D eigenvalue weighted by molar-refractivity contribution is 7.13. The molecule has 8 heteroatoms. The first-order valence-corrected chi connectivity index (χ1v) is 9.62. The van der Waals surface area contributed by atoms with Gasteiger partial charge in [-0.25, -0.2) is 4.98 Å². The first kappa shape index (κ1) is 20.6. The van der Waals surface area contributed by atoms with Crippen molar-refractivity contribution < 1.29 is 14.4 Å². The predicted molar refractivity (Wildman–Crippen MR) is 105 cm³/mol. The van der Waals surface area contributed by atoms with Gasteiger partial charge in [0.1, 0.15) is 16.7 Å². The van der Waals surface area contributed by atoms with Crippen molar-refractivity contribution in [3.05, 3.63) is 40.9 Å². The van der Waals surface area contributed by atoms with Crippen molar-refractivity contribution in [3.8, 4) is 10.6 Å². The molecule has 7 nitrogen and oxygen atoms in total. The molecular weight excluding hydrogens is 364 g/mol. The van der Waals surface area contributed by atoms with E-state index in [2.05, 4.69) is 28.1 Å². The van der Waals surface area contributed by atoms with Crippen LogP contribution in [0.4, 0.5) is 0 Å². The SMILES string of the molecule is CCc1ccc(-c2nc(C(=O)NNC(=O)[C@H](NC(C)=O)C(C)C)cs2)cc1. The van der Waals surface area contributed by atoms with E-state index in [1.165, 1.54) is 23.8 Å². The second-order valence-electron chi connectivity index (χ2n) is 6.45. The Morgan fingerprint density at radius 1 is 1.11 bits per heavy atom. The lowest BCUT2D eigenvalue weighted by Gasteiger charge is -2.20. The van der Waals surface area contributed by atoms with Crippen LogP contribution in [0.1, 0.15) is 43.7 Å². The minimum atomic E-state index is -0.731. The van der Waals surface area contributed by atoms with Crippen molar-refractivity contribution in [2.24, 2.45) is 5.92 Å². The molecule has 3 amide bonds. The minimum absolute atomic E-state index is 0.122. The van der Waals surface area contributed by atoms with Crippen LogP contribution in [0.25, 0.3) is 10.6 Å². The van der Waals surface area contributed by atoms with Crippen LogP contribution in [0.2, 0.25) is 0 Å². The number of nitrogens with zero attached hydrogens (tertiary/aromatic N) is 1. The normalized spacial score (nSPS) is 11.7. The topological polar surface area (TPSA) is 100 Å². The van der Waals surface area contributed by atoms with Crippen molar-refractivity contribution in [2.75, 3.05) is 0 Å². The average molecular weight is 388 g/mol. The second kappa shape index (κ2) is 9.27. The lowest BCUT2D eigenvalue weighted by atomic mass is 10.0. The number of aromatic nitrogens is 1. The smallest absolute Gasteiger partial charge is 0.289 e. The molecule has 0 saturated carbocycles. The fourth-order valence-corrected chi connectivity index (χ4v) is 3.21. The number of aryl methyl sites for hydroxylation is 1. The van der Waals surface area contributed by atoms with Gasteiger partial charge >= 0.3 is 0 Å². The summed E-state index contributed by atoms with van der Waals surface area (Å²) < 4.78 is 0. The molecule has 0 aliphatic rings. The van der Waals surface area contributed by atoms with E-state index in [1.54, 1.807) is 19.2 Å². The van der Waals surface area contributed by atoms with Gasteiger partial charge in [-0.2, -0.15) is 0 Å². The quantitative estimate of drug-likeness (QED) is 0.661. The molecule has 0 saturated heterocycles. The summed E-state index contributed by atoms with van der Waals surface area (Å²) in [7, 11) is 0. The molecule has 0 fully saturated rings. The molecule has 27 heavy (non-hydrogen) atoms. The zero-order valence-corrected chi connectivity index (χ0v) is 16.6. The van der Waals surface area contributed by atoms with Crippen LogP contribution in [-0.2, 0) is 16.0 Å². The fraction of sp³-hybridized carbons (Fsp3) is 0.368. The molecule has 2 aromatic rings. The Balaban J connectivity index is 1.99. The third-order valence-electron chi connectivity index (χ3n) is 3.95. The van der Waals surface area contributed by atoms with Gasteiger partial charge in [0.2, 0.25) is 5.91 Å². The highest BCUT2D eigenvalue weighted by atomic mass is 32.1. The Kier molecular flexibility index (Phi) is 7.06. The van der Waals surface area contributed by atoms with Crippen LogP contribution in [0.3, 0.4) is 0 Å². The van der Waals surface area contributed by atoms with E-state index >= 15 is 0 Å². The largest absolute Gasteiger partial charge is 0.344 e. The summed E-state index contributed by atoms with van der Waals surface area (Å²) in [6.45, 7) is 7.03. The summed E-state index contributed by atoms with van der Waals surface area (Å²) in [6.07, 6.45) is 0.960. The lowest BCUT2D eigenvalue weighted by molar-refractivity contribution is -0.129. The molecule has 0 unspecified atom stereocenters. The van der Waals surface area contributed by atoms with Crippen molar-refractivity contribution in [2.45, 2.75) is 40.2 Å². The molecule has 1 atom stereocenters. The zero-order valence-electron chi connectivity index (χ0n) is 15.8. The van der Waals surface area contributed by atoms with E-state index in [4.69, 9.17) is 0 Å². The first-order chi connectivity index (χ1) is 12.8.